The maximum Gasteiger partial charge on any atom is 0.270 e. The van der Waals surface area contributed by atoms with Crippen LogP contribution in [0.25, 0.3) is 10.8 Å². The molecule has 2 rings (SSSR count). The van der Waals surface area contributed by atoms with E-state index >= 15 is 0 Å². The van der Waals surface area contributed by atoms with Crippen molar-refractivity contribution >= 4 is 25.7 Å². The van der Waals surface area contributed by atoms with Crippen LogP contribution in [-0.2, 0) is 4.43 Å². The topological polar surface area (TPSA) is 9.23 Å². The largest absolute Gasteiger partial charge is 0.407 e. The predicted molar refractivity (Wildman–Crippen MR) is 70.2 cm³/mol. The summed E-state index contributed by atoms with van der Waals surface area (Å²) in [5, 5.41) is 3.87. The molecule has 2 heteroatoms. The quantitative estimate of drug-likeness (QED) is 0.718. The molecule has 0 aliphatic carbocycles. The molecule has 0 unspecified atom stereocenters. The van der Waals surface area contributed by atoms with Gasteiger partial charge in [0, 0.05) is 5.60 Å². The molecule has 0 aliphatic rings. The van der Waals surface area contributed by atoms with Gasteiger partial charge in [0.05, 0.1) is 0 Å². The maximum absolute atomic E-state index is 5.85. The molecule has 0 bridgehead atoms. The van der Waals surface area contributed by atoms with Crippen LogP contribution < -0.4 is 5.19 Å². The highest BCUT2D eigenvalue weighted by atomic mass is 28.2. The van der Waals surface area contributed by atoms with Gasteiger partial charge in [-0.15, -0.1) is 0 Å². The van der Waals surface area contributed by atoms with Crippen LogP contribution in [0.2, 0.25) is 0 Å². The molecule has 0 heterocycles. The second-order valence-electron chi connectivity index (χ2n) is 4.84. The first-order valence-electron chi connectivity index (χ1n) is 5.48. The lowest BCUT2D eigenvalue weighted by molar-refractivity contribution is 0.142. The Morgan fingerprint density at radius 3 is 2.38 bits per heavy atom. The molecule has 0 N–H and O–H groups in total. The van der Waals surface area contributed by atoms with Gasteiger partial charge in [-0.25, -0.2) is 0 Å². The molecule has 2 aromatic rings. The van der Waals surface area contributed by atoms with Gasteiger partial charge < -0.3 is 4.43 Å². The average Bonchev–Trinajstić information content (AvgIpc) is 2.25. The fourth-order valence-electron chi connectivity index (χ4n) is 1.52. The van der Waals surface area contributed by atoms with Gasteiger partial charge in [-0.3, -0.25) is 0 Å². The molecule has 1 nitrogen and oxygen atoms in total. The highest BCUT2D eigenvalue weighted by Crippen LogP contribution is 2.11. The van der Waals surface area contributed by atoms with Gasteiger partial charge >= 0.3 is 0 Å². The van der Waals surface area contributed by atoms with E-state index in [4.69, 9.17) is 4.43 Å². The van der Waals surface area contributed by atoms with Gasteiger partial charge in [0.2, 0.25) is 0 Å². The molecule has 16 heavy (non-hydrogen) atoms. The van der Waals surface area contributed by atoms with Crippen LogP contribution in [0.5, 0.6) is 0 Å². The minimum atomic E-state index is -0.0740. The van der Waals surface area contributed by atoms with Gasteiger partial charge in [0.15, 0.2) is 0 Å². The van der Waals surface area contributed by atoms with Crippen molar-refractivity contribution < 1.29 is 4.43 Å². The van der Waals surface area contributed by atoms with E-state index in [-0.39, 0.29) is 5.60 Å². The number of benzene rings is 2. The van der Waals surface area contributed by atoms with Gasteiger partial charge in [-0.05, 0) is 36.7 Å². The first-order chi connectivity index (χ1) is 7.56. The smallest absolute Gasteiger partial charge is 0.270 e. The van der Waals surface area contributed by atoms with Crippen molar-refractivity contribution in [2.45, 2.75) is 26.4 Å². The third-order valence-corrected chi connectivity index (χ3v) is 3.63. The summed E-state index contributed by atoms with van der Waals surface area (Å²) in [6, 6.07) is 14.8. The van der Waals surface area contributed by atoms with E-state index in [1.165, 1.54) is 16.0 Å². The first-order valence-corrected chi connectivity index (χ1v) is 6.39. The summed E-state index contributed by atoms with van der Waals surface area (Å²) in [4.78, 5) is 0. The zero-order valence-electron chi connectivity index (χ0n) is 9.95. The zero-order chi connectivity index (χ0) is 11.6. The molecule has 0 atom stereocenters. The molecule has 2 aromatic carbocycles. The predicted octanol–water partition coefficient (Wildman–Crippen LogP) is 2.90. The molecule has 0 fully saturated rings. The van der Waals surface area contributed by atoms with Gasteiger partial charge in [0.1, 0.15) is 0 Å². The Morgan fingerprint density at radius 2 is 1.62 bits per heavy atom. The maximum atomic E-state index is 5.85. The van der Waals surface area contributed by atoms with Crippen LogP contribution in [0, 0.1) is 0 Å². The van der Waals surface area contributed by atoms with Crippen molar-refractivity contribution in [1.82, 2.24) is 0 Å². The van der Waals surface area contributed by atoms with E-state index in [1.54, 1.807) is 0 Å². The summed E-state index contributed by atoms with van der Waals surface area (Å²) >= 11 is 0. The van der Waals surface area contributed by atoms with Crippen molar-refractivity contribution in [3.63, 3.8) is 0 Å². The highest BCUT2D eigenvalue weighted by Gasteiger charge is 2.12. The fourth-order valence-corrected chi connectivity index (χ4v) is 2.44. The molecule has 82 valence electrons. The lowest BCUT2D eigenvalue weighted by atomic mass is 10.1. The van der Waals surface area contributed by atoms with Gasteiger partial charge in [-0.1, -0.05) is 42.5 Å². The SMILES string of the molecule is CC(C)(C)O[Si]c1cccc2ccccc12. The standard InChI is InChI=1S/C14H16OSi/c1-14(2,3)15-16-13-10-6-8-11-7-4-5-9-12(11)13/h4-10H,1-3H3. The minimum Gasteiger partial charge on any atom is -0.407 e. The van der Waals surface area contributed by atoms with E-state index in [2.05, 4.69) is 63.2 Å². The van der Waals surface area contributed by atoms with E-state index < -0.39 is 0 Å². The van der Waals surface area contributed by atoms with Gasteiger partial charge in [0.25, 0.3) is 9.76 Å². The number of hydrogen-bond donors (Lipinski definition) is 0. The Morgan fingerprint density at radius 1 is 0.938 bits per heavy atom. The molecule has 0 aromatic heterocycles. The lowest BCUT2D eigenvalue weighted by Gasteiger charge is -2.19. The third-order valence-electron chi connectivity index (χ3n) is 2.26. The fraction of sp³-hybridized carbons (Fsp3) is 0.286. The van der Waals surface area contributed by atoms with E-state index in [0.717, 1.165) is 0 Å². The number of hydrogen-bond acceptors (Lipinski definition) is 1. The van der Waals surface area contributed by atoms with Crippen molar-refractivity contribution in [1.29, 1.82) is 0 Å². The van der Waals surface area contributed by atoms with Crippen molar-refractivity contribution in [2.24, 2.45) is 0 Å². The Labute approximate surface area is 99.4 Å². The summed E-state index contributed by atoms with van der Waals surface area (Å²) in [6.07, 6.45) is 0. The van der Waals surface area contributed by atoms with Crippen molar-refractivity contribution in [3.8, 4) is 0 Å². The Balaban J connectivity index is 2.30. The molecule has 2 radical (unpaired) electrons. The lowest BCUT2D eigenvalue weighted by Crippen LogP contribution is -2.28. The molecular weight excluding hydrogens is 212 g/mol. The van der Waals surface area contributed by atoms with Crippen LogP contribution >= 0.6 is 0 Å². The molecule has 0 amide bonds. The van der Waals surface area contributed by atoms with Crippen LogP contribution in [-0.4, -0.2) is 15.4 Å². The number of rotatable bonds is 2. The molecular formula is C14H16OSi. The molecule has 0 aliphatic heterocycles. The Kier molecular flexibility index (Phi) is 3.12. The second-order valence-corrected chi connectivity index (χ2v) is 5.79. The minimum absolute atomic E-state index is 0.0740. The average molecular weight is 228 g/mol. The van der Waals surface area contributed by atoms with Crippen LogP contribution in [0.15, 0.2) is 42.5 Å². The van der Waals surface area contributed by atoms with Gasteiger partial charge in [-0.2, -0.15) is 0 Å². The Hall–Kier alpha value is -1.12. The summed E-state index contributed by atoms with van der Waals surface area (Å²) < 4.78 is 5.85. The third kappa shape index (κ3) is 2.71. The van der Waals surface area contributed by atoms with Crippen molar-refractivity contribution in [2.75, 3.05) is 0 Å². The van der Waals surface area contributed by atoms with Crippen LogP contribution in [0.3, 0.4) is 0 Å². The van der Waals surface area contributed by atoms with E-state index in [9.17, 15) is 0 Å². The molecule has 0 saturated heterocycles. The number of fused-ring (bicyclic) bond motifs is 1. The normalized spacial score (nSPS) is 11.9. The van der Waals surface area contributed by atoms with E-state index in [0.29, 0.717) is 9.76 Å². The second kappa shape index (κ2) is 4.40. The highest BCUT2D eigenvalue weighted by molar-refractivity contribution is 6.51. The van der Waals surface area contributed by atoms with Crippen molar-refractivity contribution in [3.05, 3.63) is 42.5 Å². The first kappa shape index (κ1) is 11.4. The summed E-state index contributed by atoms with van der Waals surface area (Å²) in [6.45, 7) is 6.27. The zero-order valence-corrected chi connectivity index (χ0v) is 10.9. The van der Waals surface area contributed by atoms with Crippen LogP contribution in [0.1, 0.15) is 20.8 Å². The van der Waals surface area contributed by atoms with E-state index in [1.807, 2.05) is 0 Å². The summed E-state index contributed by atoms with van der Waals surface area (Å²) in [5.74, 6) is 0. The molecule has 0 saturated carbocycles. The Bertz CT molecular complexity index is 480. The summed E-state index contributed by atoms with van der Waals surface area (Å²) in [5.41, 5.74) is -0.0740. The van der Waals surface area contributed by atoms with Crippen LogP contribution in [0.4, 0.5) is 0 Å². The monoisotopic (exact) mass is 228 g/mol. The molecule has 0 spiro atoms. The summed E-state index contributed by atoms with van der Waals surface area (Å²) in [7, 11) is 0.410.